The molecule has 0 atom stereocenters. The number of hydrogen-bond acceptors (Lipinski definition) is 3. The first kappa shape index (κ1) is 15.0. The number of aromatic carboxylic acids is 1. The second-order valence-electron chi connectivity index (χ2n) is 4.26. The number of rotatable bonds is 4. The third-order valence-electron chi connectivity index (χ3n) is 2.79. The largest absolute Gasteiger partial charge is 0.478 e. The van der Waals surface area contributed by atoms with Crippen molar-refractivity contribution in [3.63, 3.8) is 0 Å². The van der Waals surface area contributed by atoms with Crippen LogP contribution in [0.15, 0.2) is 35.1 Å². The standard InChI is InChI=1S/C13H13BrN4O3/c1-18-5-4-15-11(18)7-16-13(21)17-10-3-2-8(12(19)20)6-9(10)14/h2-6H,7H2,1H3,(H,19,20)(H2,16,17,21). The molecular weight excluding hydrogens is 340 g/mol. The summed E-state index contributed by atoms with van der Waals surface area (Å²) in [6, 6.07) is 3.97. The smallest absolute Gasteiger partial charge is 0.335 e. The Morgan fingerprint density at radius 2 is 2.19 bits per heavy atom. The van der Waals surface area contributed by atoms with Crippen LogP contribution >= 0.6 is 15.9 Å². The van der Waals surface area contributed by atoms with Gasteiger partial charge in [0.15, 0.2) is 0 Å². The molecule has 0 aliphatic carbocycles. The number of anilines is 1. The maximum absolute atomic E-state index is 11.8. The fourth-order valence-electron chi connectivity index (χ4n) is 1.64. The Labute approximate surface area is 129 Å². The molecule has 0 fully saturated rings. The number of carbonyl (C=O) groups is 2. The lowest BCUT2D eigenvalue weighted by molar-refractivity contribution is 0.0697. The summed E-state index contributed by atoms with van der Waals surface area (Å²) in [6.07, 6.45) is 3.44. The number of carboxylic acid groups (broad SMARTS) is 1. The Morgan fingerprint density at radius 3 is 2.76 bits per heavy atom. The van der Waals surface area contributed by atoms with Crippen molar-refractivity contribution < 1.29 is 14.7 Å². The van der Waals surface area contributed by atoms with E-state index in [1.54, 1.807) is 17.0 Å². The van der Waals surface area contributed by atoms with Gasteiger partial charge in [-0.05, 0) is 34.1 Å². The van der Waals surface area contributed by atoms with Gasteiger partial charge in [0.1, 0.15) is 5.82 Å². The molecular formula is C13H13BrN4O3. The van der Waals surface area contributed by atoms with Crippen LogP contribution in [0.5, 0.6) is 0 Å². The minimum absolute atomic E-state index is 0.140. The molecule has 0 saturated heterocycles. The lowest BCUT2D eigenvalue weighted by Gasteiger charge is -2.09. The van der Waals surface area contributed by atoms with Crippen molar-refractivity contribution in [2.75, 3.05) is 5.32 Å². The second kappa shape index (κ2) is 6.40. The average Bonchev–Trinajstić information content (AvgIpc) is 2.84. The summed E-state index contributed by atoms with van der Waals surface area (Å²) in [5.41, 5.74) is 0.623. The second-order valence-corrected chi connectivity index (χ2v) is 5.12. The molecule has 0 aliphatic heterocycles. The van der Waals surface area contributed by atoms with Crippen molar-refractivity contribution >= 4 is 33.6 Å². The number of aryl methyl sites for hydroxylation is 1. The topological polar surface area (TPSA) is 96.3 Å². The molecule has 2 amide bonds. The molecule has 7 nitrogen and oxygen atoms in total. The minimum atomic E-state index is -1.03. The zero-order valence-electron chi connectivity index (χ0n) is 11.1. The number of nitrogens with one attached hydrogen (secondary N) is 2. The molecule has 2 aromatic rings. The first-order valence-corrected chi connectivity index (χ1v) is 6.80. The summed E-state index contributed by atoms with van der Waals surface area (Å²) in [4.78, 5) is 26.7. The van der Waals surface area contributed by atoms with Crippen molar-refractivity contribution in [3.8, 4) is 0 Å². The zero-order valence-corrected chi connectivity index (χ0v) is 12.7. The number of urea groups is 1. The Balaban J connectivity index is 1.96. The van der Waals surface area contributed by atoms with Crippen molar-refractivity contribution in [1.82, 2.24) is 14.9 Å². The first-order chi connectivity index (χ1) is 9.97. The van der Waals surface area contributed by atoms with Gasteiger partial charge in [0.05, 0.1) is 17.8 Å². The fourth-order valence-corrected chi connectivity index (χ4v) is 2.12. The number of hydrogen-bond donors (Lipinski definition) is 3. The molecule has 1 aromatic heterocycles. The van der Waals surface area contributed by atoms with Crippen LogP contribution in [0.2, 0.25) is 0 Å². The number of amides is 2. The van der Waals surface area contributed by atoms with Crippen LogP contribution in [-0.2, 0) is 13.6 Å². The van der Waals surface area contributed by atoms with Gasteiger partial charge in [-0.15, -0.1) is 0 Å². The number of aromatic nitrogens is 2. The molecule has 8 heteroatoms. The van der Waals surface area contributed by atoms with E-state index >= 15 is 0 Å². The van der Waals surface area contributed by atoms with Crippen LogP contribution in [0, 0.1) is 0 Å². The summed E-state index contributed by atoms with van der Waals surface area (Å²) >= 11 is 3.22. The van der Waals surface area contributed by atoms with Crippen LogP contribution in [0.1, 0.15) is 16.2 Å². The number of imidazole rings is 1. The Hall–Kier alpha value is -2.35. The third kappa shape index (κ3) is 3.82. The van der Waals surface area contributed by atoms with Crippen LogP contribution < -0.4 is 10.6 Å². The summed E-state index contributed by atoms with van der Waals surface area (Å²) in [5.74, 6) is -0.299. The molecule has 21 heavy (non-hydrogen) atoms. The van der Waals surface area contributed by atoms with Gasteiger partial charge in [-0.3, -0.25) is 0 Å². The maximum Gasteiger partial charge on any atom is 0.335 e. The molecule has 0 aliphatic rings. The van der Waals surface area contributed by atoms with E-state index in [4.69, 9.17) is 5.11 Å². The van der Waals surface area contributed by atoms with Crippen molar-refractivity contribution in [3.05, 3.63) is 46.5 Å². The zero-order chi connectivity index (χ0) is 15.4. The van der Waals surface area contributed by atoms with E-state index in [1.165, 1.54) is 18.2 Å². The fraction of sp³-hybridized carbons (Fsp3) is 0.154. The molecule has 1 heterocycles. The van der Waals surface area contributed by atoms with Gasteiger partial charge in [0, 0.05) is 23.9 Å². The molecule has 2 rings (SSSR count). The van der Waals surface area contributed by atoms with Crippen LogP contribution in [-0.4, -0.2) is 26.7 Å². The molecule has 3 N–H and O–H groups in total. The Kier molecular flexibility index (Phi) is 4.59. The van der Waals surface area contributed by atoms with Crippen LogP contribution in [0.25, 0.3) is 0 Å². The molecule has 0 bridgehead atoms. The van der Waals surface area contributed by atoms with Gasteiger partial charge in [0.25, 0.3) is 0 Å². The monoisotopic (exact) mass is 352 g/mol. The predicted octanol–water partition coefficient (Wildman–Crippen LogP) is 2.20. The van der Waals surface area contributed by atoms with Gasteiger partial charge in [0.2, 0.25) is 0 Å². The summed E-state index contributed by atoms with van der Waals surface area (Å²) < 4.78 is 2.30. The van der Waals surface area contributed by atoms with Crippen molar-refractivity contribution in [2.24, 2.45) is 7.05 Å². The van der Waals surface area contributed by atoms with Gasteiger partial charge >= 0.3 is 12.0 Å². The lowest BCUT2D eigenvalue weighted by Crippen LogP contribution is -2.29. The number of halogens is 1. The molecule has 0 radical (unpaired) electrons. The number of nitrogens with zero attached hydrogens (tertiary/aromatic N) is 2. The van der Waals surface area contributed by atoms with E-state index in [0.717, 1.165) is 5.82 Å². The molecule has 0 saturated carbocycles. The number of benzene rings is 1. The first-order valence-electron chi connectivity index (χ1n) is 6.01. The van der Waals surface area contributed by atoms with E-state index in [1.807, 2.05) is 7.05 Å². The molecule has 1 aromatic carbocycles. The Bertz CT molecular complexity index is 684. The van der Waals surface area contributed by atoms with E-state index in [0.29, 0.717) is 16.7 Å². The van der Waals surface area contributed by atoms with Gasteiger partial charge in [-0.1, -0.05) is 0 Å². The number of carboxylic acids is 1. The lowest BCUT2D eigenvalue weighted by atomic mass is 10.2. The molecule has 0 spiro atoms. The van der Waals surface area contributed by atoms with Crippen LogP contribution in [0.4, 0.5) is 10.5 Å². The highest BCUT2D eigenvalue weighted by atomic mass is 79.9. The average molecular weight is 353 g/mol. The SMILES string of the molecule is Cn1ccnc1CNC(=O)Nc1ccc(C(=O)O)cc1Br. The third-order valence-corrected chi connectivity index (χ3v) is 3.45. The minimum Gasteiger partial charge on any atom is -0.478 e. The highest BCUT2D eigenvalue weighted by molar-refractivity contribution is 9.10. The molecule has 0 unspecified atom stereocenters. The van der Waals surface area contributed by atoms with Gasteiger partial charge in [-0.25, -0.2) is 14.6 Å². The predicted molar refractivity (Wildman–Crippen MR) is 80.2 cm³/mol. The summed E-state index contributed by atoms with van der Waals surface area (Å²) in [5, 5.41) is 14.2. The Morgan fingerprint density at radius 1 is 1.43 bits per heavy atom. The highest BCUT2D eigenvalue weighted by Crippen LogP contribution is 2.23. The van der Waals surface area contributed by atoms with E-state index < -0.39 is 12.0 Å². The van der Waals surface area contributed by atoms with Gasteiger partial charge < -0.3 is 20.3 Å². The molecule has 110 valence electrons. The van der Waals surface area contributed by atoms with E-state index in [9.17, 15) is 9.59 Å². The highest BCUT2D eigenvalue weighted by Gasteiger charge is 2.09. The van der Waals surface area contributed by atoms with Crippen molar-refractivity contribution in [1.29, 1.82) is 0 Å². The van der Waals surface area contributed by atoms with Crippen molar-refractivity contribution in [2.45, 2.75) is 6.54 Å². The quantitative estimate of drug-likeness (QED) is 0.785. The summed E-state index contributed by atoms with van der Waals surface area (Å²) in [7, 11) is 1.84. The van der Waals surface area contributed by atoms with Gasteiger partial charge in [-0.2, -0.15) is 0 Å². The van der Waals surface area contributed by atoms with Crippen LogP contribution in [0.3, 0.4) is 0 Å². The normalized spacial score (nSPS) is 10.2. The summed E-state index contributed by atoms with van der Waals surface area (Å²) in [6.45, 7) is 0.292. The number of carbonyl (C=O) groups excluding carboxylic acids is 1. The van der Waals surface area contributed by atoms with E-state index in [2.05, 4.69) is 31.5 Å². The maximum atomic E-state index is 11.8. The van der Waals surface area contributed by atoms with E-state index in [-0.39, 0.29) is 5.56 Å².